The smallest absolute Gasteiger partial charge is 0.0580 e. The summed E-state index contributed by atoms with van der Waals surface area (Å²) in [5.74, 6) is 0.855. The van der Waals surface area contributed by atoms with Crippen molar-refractivity contribution in [3.05, 3.63) is 34.9 Å². The average Bonchev–Trinajstić information content (AvgIpc) is 2.91. The molecule has 2 aliphatic rings. The Balaban J connectivity index is 1.51. The van der Waals surface area contributed by atoms with E-state index < -0.39 is 0 Å². The van der Waals surface area contributed by atoms with Crippen LogP contribution in [0.1, 0.15) is 49.3 Å². The Kier molecular flexibility index (Phi) is 4.97. The normalized spacial score (nSPS) is 25.4. The Bertz CT molecular complexity index is 465. The van der Waals surface area contributed by atoms with Gasteiger partial charge in [-0.15, -0.1) is 0 Å². The lowest BCUT2D eigenvalue weighted by Crippen LogP contribution is -2.38. The molecule has 3 rings (SSSR count). The van der Waals surface area contributed by atoms with E-state index >= 15 is 0 Å². The van der Waals surface area contributed by atoms with Crippen molar-refractivity contribution >= 4 is 0 Å². The summed E-state index contributed by atoms with van der Waals surface area (Å²) in [6.45, 7) is 2.96. The van der Waals surface area contributed by atoms with Crippen LogP contribution in [0, 0.1) is 5.92 Å². The van der Waals surface area contributed by atoms with Gasteiger partial charge in [0.05, 0.1) is 6.10 Å². The standard InChI is InChI=1S/C19H29NO/c1-3-21-19-12-15(13-19)11-18(20-2)10-14-7-8-16-5-4-6-17(16)9-14/h7-9,15,18-20H,3-6,10-13H2,1-2H3. The molecule has 0 aliphatic heterocycles. The molecule has 1 atom stereocenters. The molecule has 2 nitrogen and oxygen atoms in total. The van der Waals surface area contributed by atoms with Crippen molar-refractivity contribution < 1.29 is 4.74 Å². The topological polar surface area (TPSA) is 21.3 Å². The van der Waals surface area contributed by atoms with E-state index in [0.29, 0.717) is 12.1 Å². The van der Waals surface area contributed by atoms with Crippen molar-refractivity contribution in [1.82, 2.24) is 5.32 Å². The fourth-order valence-corrected chi connectivity index (χ4v) is 3.98. The van der Waals surface area contributed by atoms with Crippen LogP contribution in [-0.4, -0.2) is 25.8 Å². The van der Waals surface area contributed by atoms with E-state index in [0.717, 1.165) is 12.5 Å². The lowest BCUT2D eigenvalue weighted by Gasteiger charge is -2.37. The zero-order chi connectivity index (χ0) is 14.7. The highest BCUT2D eigenvalue weighted by Gasteiger charge is 2.31. The van der Waals surface area contributed by atoms with E-state index in [1.165, 1.54) is 50.5 Å². The number of likely N-dealkylation sites (N-methyl/N-ethyl adjacent to an activating group) is 1. The van der Waals surface area contributed by atoms with E-state index in [1.54, 1.807) is 11.1 Å². The predicted molar refractivity (Wildman–Crippen MR) is 87.8 cm³/mol. The van der Waals surface area contributed by atoms with Crippen molar-refractivity contribution in [2.24, 2.45) is 5.92 Å². The summed E-state index contributed by atoms with van der Waals surface area (Å²) in [5.41, 5.74) is 4.69. The van der Waals surface area contributed by atoms with E-state index in [9.17, 15) is 0 Å². The van der Waals surface area contributed by atoms with Gasteiger partial charge in [-0.3, -0.25) is 0 Å². The molecule has 0 saturated heterocycles. The molecule has 1 aromatic carbocycles. The number of ether oxygens (including phenoxy) is 1. The Labute approximate surface area is 129 Å². The van der Waals surface area contributed by atoms with E-state index in [4.69, 9.17) is 4.74 Å². The second-order valence-corrected chi connectivity index (χ2v) is 6.80. The maximum atomic E-state index is 5.67. The first kappa shape index (κ1) is 15.1. The number of rotatable bonds is 7. The first-order valence-corrected chi connectivity index (χ1v) is 8.68. The number of benzene rings is 1. The Hall–Kier alpha value is -0.860. The fraction of sp³-hybridized carbons (Fsp3) is 0.684. The molecule has 1 N–H and O–H groups in total. The first-order valence-electron chi connectivity index (χ1n) is 8.68. The lowest BCUT2D eigenvalue weighted by atomic mass is 9.77. The van der Waals surface area contributed by atoms with Gasteiger partial charge in [-0.2, -0.15) is 0 Å². The number of fused-ring (bicyclic) bond motifs is 1. The monoisotopic (exact) mass is 287 g/mol. The van der Waals surface area contributed by atoms with Gasteiger partial charge in [0.1, 0.15) is 0 Å². The van der Waals surface area contributed by atoms with Crippen LogP contribution in [-0.2, 0) is 24.0 Å². The maximum absolute atomic E-state index is 5.67. The average molecular weight is 287 g/mol. The van der Waals surface area contributed by atoms with Gasteiger partial charge in [0.25, 0.3) is 0 Å². The summed E-state index contributed by atoms with van der Waals surface area (Å²) < 4.78 is 5.67. The van der Waals surface area contributed by atoms with Gasteiger partial charge < -0.3 is 10.1 Å². The number of hydrogen-bond acceptors (Lipinski definition) is 2. The van der Waals surface area contributed by atoms with Crippen LogP contribution < -0.4 is 5.32 Å². The minimum absolute atomic E-state index is 0.539. The molecule has 1 unspecified atom stereocenters. The van der Waals surface area contributed by atoms with Crippen LogP contribution in [0.3, 0.4) is 0 Å². The second-order valence-electron chi connectivity index (χ2n) is 6.80. The number of nitrogens with one attached hydrogen (secondary N) is 1. The van der Waals surface area contributed by atoms with Crippen molar-refractivity contribution in [3.8, 4) is 0 Å². The summed E-state index contributed by atoms with van der Waals surface area (Å²) in [6.07, 6.45) is 9.42. The van der Waals surface area contributed by atoms with Crippen LogP contribution in [0.2, 0.25) is 0 Å². The summed E-state index contributed by atoms with van der Waals surface area (Å²) in [5, 5.41) is 3.52. The highest BCUT2D eigenvalue weighted by Crippen LogP contribution is 2.34. The van der Waals surface area contributed by atoms with Crippen LogP contribution in [0.4, 0.5) is 0 Å². The Morgan fingerprint density at radius 2 is 2.05 bits per heavy atom. The zero-order valence-corrected chi connectivity index (χ0v) is 13.5. The van der Waals surface area contributed by atoms with Crippen LogP contribution in [0.25, 0.3) is 0 Å². The molecule has 1 fully saturated rings. The van der Waals surface area contributed by atoms with Crippen molar-refractivity contribution in [1.29, 1.82) is 0 Å². The third-order valence-electron chi connectivity index (χ3n) is 5.27. The molecule has 0 bridgehead atoms. The first-order chi connectivity index (χ1) is 10.3. The molecule has 0 radical (unpaired) electrons. The van der Waals surface area contributed by atoms with Crippen molar-refractivity contribution in [2.75, 3.05) is 13.7 Å². The molecule has 21 heavy (non-hydrogen) atoms. The van der Waals surface area contributed by atoms with Gasteiger partial charge in [0, 0.05) is 12.6 Å². The van der Waals surface area contributed by atoms with Crippen LogP contribution >= 0.6 is 0 Å². The predicted octanol–water partition coefficient (Wildman–Crippen LogP) is 3.51. The summed E-state index contributed by atoms with van der Waals surface area (Å²) in [6, 6.07) is 7.77. The van der Waals surface area contributed by atoms with E-state index in [-0.39, 0.29) is 0 Å². The van der Waals surface area contributed by atoms with Crippen molar-refractivity contribution in [2.45, 2.75) is 64.0 Å². The minimum atomic E-state index is 0.539. The fourth-order valence-electron chi connectivity index (χ4n) is 3.98. The number of hydrogen-bond donors (Lipinski definition) is 1. The third kappa shape index (κ3) is 3.67. The highest BCUT2D eigenvalue weighted by molar-refractivity contribution is 5.35. The lowest BCUT2D eigenvalue weighted by molar-refractivity contribution is -0.0288. The quantitative estimate of drug-likeness (QED) is 0.828. The third-order valence-corrected chi connectivity index (χ3v) is 5.27. The SMILES string of the molecule is CCOC1CC(CC(Cc2ccc3c(c2)CCC3)NC)C1. The second kappa shape index (κ2) is 6.93. The molecule has 1 saturated carbocycles. The molecule has 116 valence electrons. The maximum Gasteiger partial charge on any atom is 0.0580 e. The largest absolute Gasteiger partial charge is 0.378 e. The van der Waals surface area contributed by atoms with Gasteiger partial charge in [-0.25, -0.2) is 0 Å². The van der Waals surface area contributed by atoms with Crippen LogP contribution in [0.15, 0.2) is 18.2 Å². The van der Waals surface area contributed by atoms with E-state index in [2.05, 4.69) is 37.5 Å². The van der Waals surface area contributed by atoms with Gasteiger partial charge in [-0.1, -0.05) is 18.2 Å². The highest BCUT2D eigenvalue weighted by atomic mass is 16.5. The molecule has 2 aliphatic carbocycles. The molecule has 0 aromatic heterocycles. The molecule has 0 amide bonds. The van der Waals surface area contributed by atoms with Crippen molar-refractivity contribution in [3.63, 3.8) is 0 Å². The minimum Gasteiger partial charge on any atom is -0.378 e. The van der Waals surface area contributed by atoms with Gasteiger partial charge in [-0.05, 0) is 81.5 Å². The van der Waals surface area contributed by atoms with Crippen LogP contribution in [0.5, 0.6) is 0 Å². The van der Waals surface area contributed by atoms with Gasteiger partial charge in [0.2, 0.25) is 0 Å². The van der Waals surface area contributed by atoms with E-state index in [1.807, 2.05) is 0 Å². The Morgan fingerprint density at radius 3 is 2.81 bits per heavy atom. The molecule has 0 heterocycles. The molecule has 0 spiro atoms. The van der Waals surface area contributed by atoms with Gasteiger partial charge in [0.15, 0.2) is 0 Å². The number of aryl methyl sites for hydroxylation is 2. The molecule has 1 aromatic rings. The molecule has 2 heteroatoms. The van der Waals surface area contributed by atoms with Gasteiger partial charge >= 0.3 is 0 Å². The summed E-state index contributed by atoms with van der Waals surface area (Å²) >= 11 is 0. The summed E-state index contributed by atoms with van der Waals surface area (Å²) in [7, 11) is 2.11. The summed E-state index contributed by atoms with van der Waals surface area (Å²) in [4.78, 5) is 0. The zero-order valence-electron chi connectivity index (χ0n) is 13.5. The Morgan fingerprint density at radius 1 is 1.24 bits per heavy atom. The molecular formula is C19H29NO. The molecular weight excluding hydrogens is 258 g/mol.